The van der Waals surface area contributed by atoms with Crippen LogP contribution in [0, 0.1) is 0 Å². The SMILES string of the molecule is C[C@H](CC(=O)O)Oc1ccc(OCc2ccccc2)cc1. The molecule has 1 N–H and O–H groups in total. The number of carboxylic acids is 1. The van der Waals surface area contributed by atoms with Gasteiger partial charge in [-0.1, -0.05) is 30.3 Å². The van der Waals surface area contributed by atoms with E-state index in [2.05, 4.69) is 0 Å². The van der Waals surface area contributed by atoms with Gasteiger partial charge in [0.25, 0.3) is 0 Å². The molecule has 0 radical (unpaired) electrons. The molecule has 0 bridgehead atoms. The summed E-state index contributed by atoms with van der Waals surface area (Å²) in [6.45, 7) is 2.24. The molecule has 0 aliphatic rings. The maximum Gasteiger partial charge on any atom is 0.307 e. The summed E-state index contributed by atoms with van der Waals surface area (Å²) in [6, 6.07) is 17.1. The van der Waals surface area contributed by atoms with Crippen LogP contribution in [0.2, 0.25) is 0 Å². The molecular weight excluding hydrogens is 268 g/mol. The molecule has 2 aromatic rings. The highest BCUT2D eigenvalue weighted by atomic mass is 16.5. The van der Waals surface area contributed by atoms with Crippen molar-refractivity contribution in [3.63, 3.8) is 0 Å². The molecule has 0 saturated heterocycles. The summed E-state index contributed by atoms with van der Waals surface area (Å²) in [7, 11) is 0. The third kappa shape index (κ3) is 5.18. The van der Waals surface area contributed by atoms with E-state index in [1.54, 1.807) is 19.1 Å². The summed E-state index contributed by atoms with van der Waals surface area (Å²) in [6.07, 6.45) is -0.384. The van der Waals surface area contributed by atoms with E-state index < -0.39 is 5.97 Å². The van der Waals surface area contributed by atoms with Crippen LogP contribution in [0.5, 0.6) is 11.5 Å². The lowest BCUT2D eigenvalue weighted by molar-refractivity contribution is -0.138. The third-order valence-electron chi connectivity index (χ3n) is 2.87. The zero-order valence-corrected chi connectivity index (χ0v) is 11.9. The Bertz CT molecular complexity index is 563. The van der Waals surface area contributed by atoms with Gasteiger partial charge in [0.2, 0.25) is 0 Å². The van der Waals surface area contributed by atoms with Gasteiger partial charge in [0, 0.05) is 0 Å². The average molecular weight is 286 g/mol. The molecular formula is C17H18O4. The lowest BCUT2D eigenvalue weighted by Gasteiger charge is -2.13. The van der Waals surface area contributed by atoms with E-state index in [9.17, 15) is 4.79 Å². The van der Waals surface area contributed by atoms with E-state index in [1.165, 1.54) is 0 Å². The predicted octanol–water partition coefficient (Wildman–Crippen LogP) is 3.51. The van der Waals surface area contributed by atoms with Gasteiger partial charge in [-0.25, -0.2) is 0 Å². The van der Waals surface area contributed by atoms with Crippen molar-refractivity contribution in [3.05, 3.63) is 60.2 Å². The number of hydrogen-bond acceptors (Lipinski definition) is 3. The number of carbonyl (C=O) groups is 1. The molecule has 110 valence electrons. The molecule has 0 heterocycles. The number of ether oxygens (including phenoxy) is 2. The standard InChI is InChI=1S/C17H18O4/c1-13(11-17(18)19)21-16-9-7-15(8-10-16)20-12-14-5-3-2-4-6-14/h2-10,13H,11-12H2,1H3,(H,18,19)/t13-/m1/s1. The topological polar surface area (TPSA) is 55.8 Å². The zero-order chi connectivity index (χ0) is 15.1. The highest BCUT2D eigenvalue weighted by molar-refractivity contribution is 5.67. The van der Waals surface area contributed by atoms with Crippen LogP contribution in [0.25, 0.3) is 0 Å². The van der Waals surface area contributed by atoms with E-state index >= 15 is 0 Å². The van der Waals surface area contributed by atoms with Gasteiger partial charge < -0.3 is 14.6 Å². The highest BCUT2D eigenvalue weighted by Gasteiger charge is 2.09. The Morgan fingerprint density at radius 2 is 1.67 bits per heavy atom. The normalized spacial score (nSPS) is 11.7. The van der Waals surface area contributed by atoms with Gasteiger partial charge in [0.1, 0.15) is 24.2 Å². The van der Waals surface area contributed by atoms with Crippen LogP contribution < -0.4 is 9.47 Å². The van der Waals surface area contributed by atoms with E-state index in [-0.39, 0.29) is 12.5 Å². The highest BCUT2D eigenvalue weighted by Crippen LogP contribution is 2.20. The fourth-order valence-electron chi connectivity index (χ4n) is 1.88. The molecule has 1 atom stereocenters. The molecule has 0 fully saturated rings. The Balaban J connectivity index is 1.85. The second-order valence-corrected chi connectivity index (χ2v) is 4.77. The van der Waals surface area contributed by atoms with Gasteiger partial charge in [-0.15, -0.1) is 0 Å². The molecule has 0 aliphatic carbocycles. The molecule has 0 unspecified atom stereocenters. The number of rotatable bonds is 7. The first-order chi connectivity index (χ1) is 10.1. The minimum atomic E-state index is -0.870. The summed E-state index contributed by atoms with van der Waals surface area (Å²) in [5.41, 5.74) is 1.10. The van der Waals surface area contributed by atoms with Crippen molar-refractivity contribution in [3.8, 4) is 11.5 Å². The smallest absolute Gasteiger partial charge is 0.307 e. The lowest BCUT2D eigenvalue weighted by atomic mass is 10.2. The third-order valence-corrected chi connectivity index (χ3v) is 2.87. The molecule has 2 rings (SSSR count). The van der Waals surface area contributed by atoms with Gasteiger partial charge in [-0.3, -0.25) is 4.79 Å². The van der Waals surface area contributed by atoms with Gasteiger partial charge >= 0.3 is 5.97 Å². The second-order valence-electron chi connectivity index (χ2n) is 4.77. The number of aliphatic carboxylic acids is 1. The quantitative estimate of drug-likeness (QED) is 0.846. The first-order valence-electron chi connectivity index (χ1n) is 6.79. The Kier molecular flexibility index (Phi) is 5.21. The lowest BCUT2D eigenvalue weighted by Crippen LogP contribution is -2.16. The minimum absolute atomic E-state index is 0.0216. The summed E-state index contributed by atoms with van der Waals surface area (Å²) in [5.74, 6) is 0.512. The maximum atomic E-state index is 10.6. The van der Waals surface area contributed by atoms with Crippen molar-refractivity contribution in [1.29, 1.82) is 0 Å². The largest absolute Gasteiger partial charge is 0.490 e. The van der Waals surface area contributed by atoms with E-state index in [0.29, 0.717) is 12.4 Å². The predicted molar refractivity (Wildman–Crippen MR) is 79.6 cm³/mol. The van der Waals surface area contributed by atoms with Crippen LogP contribution in [0.15, 0.2) is 54.6 Å². The van der Waals surface area contributed by atoms with Crippen LogP contribution >= 0.6 is 0 Å². The first kappa shape index (κ1) is 14.9. The fraction of sp³-hybridized carbons (Fsp3) is 0.235. The van der Waals surface area contributed by atoms with Crippen LogP contribution in [-0.2, 0) is 11.4 Å². The van der Waals surface area contributed by atoms with Crippen LogP contribution in [-0.4, -0.2) is 17.2 Å². The average Bonchev–Trinajstić information content (AvgIpc) is 2.47. The van der Waals surface area contributed by atoms with E-state index in [0.717, 1.165) is 11.3 Å². The molecule has 2 aromatic carbocycles. The molecule has 0 aliphatic heterocycles. The molecule has 0 spiro atoms. The zero-order valence-electron chi connectivity index (χ0n) is 11.9. The van der Waals surface area contributed by atoms with Crippen LogP contribution in [0.4, 0.5) is 0 Å². The Labute approximate surface area is 123 Å². The van der Waals surface area contributed by atoms with Crippen molar-refractivity contribution in [2.75, 3.05) is 0 Å². The van der Waals surface area contributed by atoms with Crippen molar-refractivity contribution in [2.45, 2.75) is 26.1 Å². The molecule has 4 nitrogen and oxygen atoms in total. The van der Waals surface area contributed by atoms with Crippen LogP contribution in [0.3, 0.4) is 0 Å². The van der Waals surface area contributed by atoms with E-state index in [4.69, 9.17) is 14.6 Å². The molecule has 0 aromatic heterocycles. The van der Waals surface area contributed by atoms with Gasteiger partial charge in [-0.05, 0) is 36.8 Å². The fourth-order valence-corrected chi connectivity index (χ4v) is 1.88. The van der Waals surface area contributed by atoms with Gasteiger partial charge in [0.05, 0.1) is 6.42 Å². The van der Waals surface area contributed by atoms with E-state index in [1.807, 2.05) is 42.5 Å². The molecule has 4 heteroatoms. The van der Waals surface area contributed by atoms with Crippen LogP contribution in [0.1, 0.15) is 18.9 Å². The summed E-state index contributed by atoms with van der Waals surface area (Å²) < 4.78 is 11.2. The first-order valence-corrected chi connectivity index (χ1v) is 6.79. The van der Waals surface area contributed by atoms with Crippen molar-refractivity contribution >= 4 is 5.97 Å². The van der Waals surface area contributed by atoms with Crippen molar-refractivity contribution in [1.82, 2.24) is 0 Å². The molecule has 21 heavy (non-hydrogen) atoms. The number of carboxylic acid groups (broad SMARTS) is 1. The number of hydrogen-bond donors (Lipinski definition) is 1. The summed E-state index contributed by atoms with van der Waals surface area (Å²) >= 11 is 0. The second kappa shape index (κ2) is 7.33. The van der Waals surface area contributed by atoms with Crippen molar-refractivity contribution < 1.29 is 19.4 Å². The van der Waals surface area contributed by atoms with Crippen molar-refractivity contribution in [2.24, 2.45) is 0 Å². The summed E-state index contributed by atoms with van der Waals surface area (Å²) in [5, 5.41) is 8.68. The maximum absolute atomic E-state index is 10.6. The minimum Gasteiger partial charge on any atom is -0.490 e. The Morgan fingerprint density at radius 1 is 1.05 bits per heavy atom. The summed E-state index contributed by atoms with van der Waals surface area (Å²) in [4.78, 5) is 10.6. The number of benzene rings is 2. The monoisotopic (exact) mass is 286 g/mol. The molecule has 0 saturated carbocycles. The Hall–Kier alpha value is -2.49. The van der Waals surface area contributed by atoms with Gasteiger partial charge in [-0.2, -0.15) is 0 Å². The molecule has 0 amide bonds. The van der Waals surface area contributed by atoms with Gasteiger partial charge in [0.15, 0.2) is 0 Å². The Morgan fingerprint density at radius 3 is 2.29 bits per heavy atom.